The molecule has 2 aliphatic heterocycles. The highest BCUT2D eigenvalue weighted by atomic mass is 16.5. The summed E-state index contributed by atoms with van der Waals surface area (Å²) in [5, 5.41) is 0. The quantitative estimate of drug-likeness (QED) is 0.566. The third-order valence-electron chi connectivity index (χ3n) is 6.39. The van der Waals surface area contributed by atoms with E-state index in [0.29, 0.717) is 45.4 Å². The van der Waals surface area contributed by atoms with Gasteiger partial charge in [0.25, 0.3) is 5.91 Å². The van der Waals surface area contributed by atoms with Gasteiger partial charge in [-0.15, -0.1) is 0 Å². The summed E-state index contributed by atoms with van der Waals surface area (Å²) in [5.74, 6) is 2.80. The van der Waals surface area contributed by atoms with Crippen molar-refractivity contribution in [2.45, 2.75) is 46.4 Å². The second-order valence-corrected chi connectivity index (χ2v) is 9.84. The molecule has 1 amide bonds. The number of hydrogen-bond donors (Lipinski definition) is 0. The molecule has 1 atom stereocenters. The third kappa shape index (κ3) is 6.67. The van der Waals surface area contributed by atoms with Gasteiger partial charge in [0.05, 0.1) is 26.9 Å². The lowest BCUT2D eigenvalue weighted by molar-refractivity contribution is -0.151. The summed E-state index contributed by atoms with van der Waals surface area (Å²) in [5.41, 5.74) is 3.32. The Bertz CT molecular complexity index is 1010. The van der Waals surface area contributed by atoms with E-state index in [1.54, 1.807) is 7.11 Å². The molecular weight excluding hydrogens is 444 g/mol. The van der Waals surface area contributed by atoms with Crippen LogP contribution in [0.1, 0.15) is 37.0 Å². The zero-order valence-electron chi connectivity index (χ0n) is 21.4. The van der Waals surface area contributed by atoms with E-state index in [-0.39, 0.29) is 5.91 Å². The van der Waals surface area contributed by atoms with Crippen molar-refractivity contribution >= 4 is 5.91 Å². The molecule has 190 valence electrons. The van der Waals surface area contributed by atoms with Gasteiger partial charge >= 0.3 is 0 Å². The Labute approximate surface area is 208 Å². The predicted octanol–water partition coefficient (Wildman–Crippen LogP) is 4.05. The molecule has 2 aromatic carbocycles. The molecule has 4 rings (SSSR count). The van der Waals surface area contributed by atoms with Crippen molar-refractivity contribution < 1.29 is 23.7 Å². The van der Waals surface area contributed by atoms with E-state index in [4.69, 9.17) is 18.9 Å². The van der Waals surface area contributed by atoms with Crippen LogP contribution in [0.25, 0.3) is 0 Å². The average molecular weight is 483 g/mol. The van der Waals surface area contributed by atoms with Crippen LogP contribution in [0.2, 0.25) is 0 Å². The molecular formula is C28H38N2O5. The van der Waals surface area contributed by atoms with Crippen LogP contribution in [-0.4, -0.2) is 68.4 Å². The molecule has 2 heterocycles. The van der Waals surface area contributed by atoms with Crippen molar-refractivity contribution in [3.05, 3.63) is 53.1 Å². The summed E-state index contributed by atoms with van der Waals surface area (Å²) in [6.07, 6.45) is 0.391. The number of benzene rings is 2. The Kier molecular flexibility index (Phi) is 8.52. The molecule has 0 N–H and O–H groups in total. The summed E-state index contributed by atoms with van der Waals surface area (Å²) in [6, 6.07) is 12.3. The van der Waals surface area contributed by atoms with Crippen LogP contribution in [0, 0.1) is 12.8 Å². The maximum absolute atomic E-state index is 13.6. The molecule has 0 unspecified atom stereocenters. The number of nitrogens with zero attached hydrogens (tertiary/aromatic N) is 2. The van der Waals surface area contributed by atoms with Gasteiger partial charge in [-0.05, 0) is 47.7 Å². The van der Waals surface area contributed by atoms with Crippen molar-refractivity contribution in [1.82, 2.24) is 9.80 Å². The lowest BCUT2D eigenvalue weighted by Crippen LogP contribution is -2.51. The molecule has 0 bridgehead atoms. The van der Waals surface area contributed by atoms with E-state index in [1.165, 1.54) is 5.56 Å². The number of carbonyl (C=O) groups excluding carboxylic acids is 1. The fraction of sp³-hybridized carbons (Fsp3) is 0.536. The topological polar surface area (TPSA) is 60.5 Å². The average Bonchev–Trinajstić information content (AvgIpc) is 3.09. The maximum Gasteiger partial charge on any atom is 0.253 e. The second-order valence-electron chi connectivity index (χ2n) is 9.84. The summed E-state index contributed by atoms with van der Waals surface area (Å²) in [7, 11) is 1.70. The van der Waals surface area contributed by atoms with Crippen LogP contribution in [0.5, 0.6) is 17.2 Å². The Morgan fingerprint density at radius 3 is 2.63 bits per heavy atom. The number of ether oxygens (including phenoxy) is 4. The zero-order valence-corrected chi connectivity index (χ0v) is 21.4. The van der Waals surface area contributed by atoms with E-state index in [2.05, 4.69) is 36.9 Å². The predicted molar refractivity (Wildman–Crippen MR) is 135 cm³/mol. The van der Waals surface area contributed by atoms with Gasteiger partial charge < -0.3 is 23.8 Å². The zero-order chi connectivity index (χ0) is 24.8. The van der Waals surface area contributed by atoms with Gasteiger partial charge in [-0.25, -0.2) is 0 Å². The number of aryl methyl sites for hydroxylation is 1. The molecule has 2 aromatic rings. The summed E-state index contributed by atoms with van der Waals surface area (Å²) >= 11 is 0. The lowest BCUT2D eigenvalue weighted by Gasteiger charge is -2.35. The van der Waals surface area contributed by atoms with Gasteiger partial charge in [0.1, 0.15) is 11.9 Å². The van der Waals surface area contributed by atoms with Crippen LogP contribution in [0.3, 0.4) is 0 Å². The Morgan fingerprint density at radius 1 is 1.09 bits per heavy atom. The molecule has 0 aromatic heterocycles. The van der Waals surface area contributed by atoms with Gasteiger partial charge in [-0.2, -0.15) is 0 Å². The molecule has 35 heavy (non-hydrogen) atoms. The smallest absolute Gasteiger partial charge is 0.253 e. The second kappa shape index (κ2) is 11.8. The molecule has 1 fully saturated rings. The monoisotopic (exact) mass is 482 g/mol. The standard InChI is InChI=1S/C28H38N2O5/c1-20(2)16-30(18-23-8-9-24-26(15-23)34-12-5-11-33-24)28(31)27-19-29(10-13-35-27)17-22-7-6-21(3)25(14-22)32-4/h6-9,14-15,20,27H,5,10-13,16-19H2,1-4H3/t27-/m0/s1. The highest BCUT2D eigenvalue weighted by molar-refractivity contribution is 5.81. The summed E-state index contributed by atoms with van der Waals surface area (Å²) in [6.45, 7) is 11.5. The van der Waals surface area contributed by atoms with Gasteiger partial charge in [0, 0.05) is 39.1 Å². The largest absolute Gasteiger partial charge is 0.496 e. The normalized spacial score (nSPS) is 18.3. The molecule has 1 saturated heterocycles. The van der Waals surface area contributed by atoms with Crippen LogP contribution >= 0.6 is 0 Å². The SMILES string of the molecule is COc1cc(CN2CCO[C@H](C(=O)N(Cc3ccc4c(c3)OCCCO4)CC(C)C)C2)ccc1C. The molecule has 2 aliphatic rings. The van der Waals surface area contributed by atoms with Gasteiger partial charge in [0.2, 0.25) is 0 Å². The number of hydrogen-bond acceptors (Lipinski definition) is 6. The molecule has 7 heteroatoms. The first-order valence-corrected chi connectivity index (χ1v) is 12.6. The first-order valence-electron chi connectivity index (χ1n) is 12.6. The van der Waals surface area contributed by atoms with Gasteiger partial charge in [-0.3, -0.25) is 9.69 Å². The van der Waals surface area contributed by atoms with E-state index in [1.807, 2.05) is 30.0 Å². The number of amides is 1. The van der Waals surface area contributed by atoms with Crippen LogP contribution in [0.4, 0.5) is 0 Å². The van der Waals surface area contributed by atoms with Crippen molar-refractivity contribution in [3.63, 3.8) is 0 Å². The molecule has 0 radical (unpaired) electrons. The minimum Gasteiger partial charge on any atom is -0.496 e. The number of methoxy groups -OCH3 is 1. The van der Waals surface area contributed by atoms with Crippen molar-refractivity contribution in [2.24, 2.45) is 5.92 Å². The Hall–Kier alpha value is -2.77. The van der Waals surface area contributed by atoms with Gasteiger partial charge in [0.15, 0.2) is 11.5 Å². The number of fused-ring (bicyclic) bond motifs is 1. The fourth-order valence-corrected chi connectivity index (χ4v) is 4.62. The molecule has 0 spiro atoms. The first kappa shape index (κ1) is 25.3. The minimum absolute atomic E-state index is 0.0389. The summed E-state index contributed by atoms with van der Waals surface area (Å²) < 4.78 is 23.1. The first-order chi connectivity index (χ1) is 16.9. The molecule has 0 saturated carbocycles. The van der Waals surface area contributed by atoms with Crippen LogP contribution < -0.4 is 14.2 Å². The number of carbonyl (C=O) groups is 1. The van der Waals surface area contributed by atoms with Crippen LogP contribution in [-0.2, 0) is 22.6 Å². The summed E-state index contributed by atoms with van der Waals surface area (Å²) in [4.78, 5) is 17.8. The fourth-order valence-electron chi connectivity index (χ4n) is 4.62. The Morgan fingerprint density at radius 2 is 1.86 bits per heavy atom. The van der Waals surface area contributed by atoms with E-state index < -0.39 is 6.10 Å². The van der Waals surface area contributed by atoms with Crippen molar-refractivity contribution in [3.8, 4) is 17.2 Å². The number of morpholine rings is 1. The lowest BCUT2D eigenvalue weighted by atomic mass is 10.1. The third-order valence-corrected chi connectivity index (χ3v) is 6.39. The van der Waals surface area contributed by atoms with Gasteiger partial charge in [-0.1, -0.05) is 32.0 Å². The highest BCUT2D eigenvalue weighted by Gasteiger charge is 2.31. The highest BCUT2D eigenvalue weighted by Crippen LogP contribution is 2.31. The Balaban J connectivity index is 1.44. The van der Waals surface area contributed by atoms with Crippen LogP contribution in [0.15, 0.2) is 36.4 Å². The minimum atomic E-state index is -0.477. The van der Waals surface area contributed by atoms with Crippen molar-refractivity contribution in [1.29, 1.82) is 0 Å². The van der Waals surface area contributed by atoms with E-state index in [9.17, 15) is 4.79 Å². The number of rotatable bonds is 8. The van der Waals surface area contributed by atoms with Crippen molar-refractivity contribution in [2.75, 3.05) is 46.6 Å². The van der Waals surface area contributed by atoms with E-state index >= 15 is 0 Å². The molecule has 7 nitrogen and oxygen atoms in total. The maximum atomic E-state index is 13.6. The van der Waals surface area contributed by atoms with E-state index in [0.717, 1.165) is 47.9 Å². The molecule has 0 aliphatic carbocycles.